The van der Waals surface area contributed by atoms with Crippen molar-refractivity contribution in [3.63, 3.8) is 0 Å². The third-order valence-corrected chi connectivity index (χ3v) is 14.6. The van der Waals surface area contributed by atoms with Gasteiger partial charge in [0.2, 0.25) is 17.8 Å². The van der Waals surface area contributed by atoms with Crippen LogP contribution in [0.4, 0.5) is 0 Å². The first-order chi connectivity index (χ1) is 38.7. The first-order valence-corrected chi connectivity index (χ1v) is 25.1. The number of furan rings is 3. The molecule has 0 unspecified atom stereocenters. The van der Waals surface area contributed by atoms with Crippen LogP contribution in [0.1, 0.15) is 0 Å². The average Bonchev–Trinajstić information content (AvgIpc) is 4.56. The molecule has 366 valence electrons. The van der Waals surface area contributed by atoms with Crippen LogP contribution in [0.2, 0.25) is 0 Å². The van der Waals surface area contributed by atoms with Gasteiger partial charge >= 0.3 is 0 Å². The summed E-state index contributed by atoms with van der Waals surface area (Å²) in [6.45, 7) is 0. The van der Waals surface area contributed by atoms with E-state index in [9.17, 15) is 0 Å². The van der Waals surface area contributed by atoms with E-state index in [1.54, 1.807) is 0 Å². The lowest BCUT2D eigenvalue weighted by Crippen LogP contribution is -2.00. The molecule has 0 aliphatic carbocycles. The molecule has 0 radical (unpaired) electrons. The number of hydrogen-bond donors (Lipinski definition) is 0. The Balaban J connectivity index is 0.0000000978. The normalized spacial score (nSPS) is 11.8. The van der Waals surface area contributed by atoms with Crippen LogP contribution in [-0.2, 0) is 0 Å². The Kier molecular flexibility index (Phi) is 9.53. The van der Waals surface area contributed by atoms with Gasteiger partial charge in [-0.1, -0.05) is 109 Å². The second-order valence-corrected chi connectivity index (χ2v) is 18.7. The van der Waals surface area contributed by atoms with Crippen LogP contribution in [-0.4, -0.2) is 58.6 Å². The minimum Gasteiger partial charge on any atom is -0.456 e. The highest BCUT2D eigenvalue weighted by molar-refractivity contribution is 6.28. The Labute approximate surface area is 439 Å². The predicted octanol–water partition coefficient (Wildman–Crippen LogP) is 14.6. The lowest BCUT2D eigenvalue weighted by Gasteiger charge is -2.05. The molecule has 0 aliphatic heterocycles. The summed E-state index contributed by atoms with van der Waals surface area (Å²) >= 11 is 0. The van der Waals surface area contributed by atoms with Gasteiger partial charge in [-0.15, -0.1) is 0 Å². The van der Waals surface area contributed by atoms with Crippen molar-refractivity contribution in [3.05, 3.63) is 220 Å². The topological polar surface area (TPSA) is 170 Å². The van der Waals surface area contributed by atoms with Crippen LogP contribution in [0.3, 0.4) is 0 Å². The molecule has 0 saturated carbocycles. The molecule has 9 heterocycles. The van der Waals surface area contributed by atoms with Crippen LogP contribution in [0.25, 0.3) is 149 Å². The van der Waals surface area contributed by atoms with E-state index in [0.29, 0.717) is 17.8 Å². The predicted molar refractivity (Wildman–Crippen MR) is 304 cm³/mol. The molecular formula is C63H36N12O3. The molecule has 0 aliphatic rings. The average molecular weight is 1010 g/mol. The van der Waals surface area contributed by atoms with E-state index >= 15 is 0 Å². The van der Waals surface area contributed by atoms with Crippen LogP contribution in [0.15, 0.2) is 233 Å². The largest absolute Gasteiger partial charge is 0.456 e. The molecule has 18 rings (SSSR count). The van der Waals surface area contributed by atoms with Gasteiger partial charge in [-0.25, -0.2) is 44.9 Å². The minimum absolute atomic E-state index is 0.599. The van der Waals surface area contributed by atoms with Crippen molar-refractivity contribution in [3.8, 4) is 17.8 Å². The lowest BCUT2D eigenvalue weighted by molar-refractivity contribution is 0.669. The zero-order valence-electron chi connectivity index (χ0n) is 40.9. The van der Waals surface area contributed by atoms with Gasteiger partial charge < -0.3 is 13.3 Å². The molecule has 0 bridgehead atoms. The maximum absolute atomic E-state index is 6.26. The zero-order valence-corrected chi connectivity index (χ0v) is 40.9. The van der Waals surface area contributed by atoms with Crippen LogP contribution in [0.5, 0.6) is 0 Å². The molecule has 9 aromatic heterocycles. The first-order valence-electron chi connectivity index (χ1n) is 25.1. The molecule has 78 heavy (non-hydrogen) atoms. The molecule has 15 heteroatoms. The van der Waals surface area contributed by atoms with E-state index in [1.807, 2.05) is 91.0 Å². The third-order valence-electron chi connectivity index (χ3n) is 14.6. The van der Waals surface area contributed by atoms with Crippen LogP contribution < -0.4 is 0 Å². The molecule has 18 aromatic rings. The summed E-state index contributed by atoms with van der Waals surface area (Å²) < 4.78 is 24.6. The third kappa shape index (κ3) is 6.48. The fraction of sp³-hybridized carbons (Fsp3) is 0. The van der Waals surface area contributed by atoms with Crippen molar-refractivity contribution in [1.82, 2.24) is 58.6 Å². The number of rotatable bonds is 3. The monoisotopic (exact) mass is 1010 g/mol. The molecule has 0 spiro atoms. The Morgan fingerprint density at radius 3 is 1.23 bits per heavy atom. The Bertz CT molecular complexity index is 5340. The smallest absolute Gasteiger partial charge is 0.237 e. The summed E-state index contributed by atoms with van der Waals surface area (Å²) in [7, 11) is 0. The summed E-state index contributed by atoms with van der Waals surface area (Å²) in [5, 5.41) is 13.5. The zero-order chi connectivity index (χ0) is 51.3. The molecule has 0 saturated heterocycles. The lowest BCUT2D eigenvalue weighted by atomic mass is 10.1. The minimum atomic E-state index is 0.599. The summed E-state index contributed by atoms with van der Waals surface area (Å²) in [6, 6.07) is 61.7. The van der Waals surface area contributed by atoms with Gasteiger partial charge in [0.1, 0.15) is 71.5 Å². The van der Waals surface area contributed by atoms with Crippen LogP contribution in [0, 0.1) is 0 Å². The fourth-order valence-corrected chi connectivity index (χ4v) is 11.5. The maximum atomic E-state index is 6.26. The van der Waals surface area contributed by atoms with Crippen molar-refractivity contribution >= 4 is 131 Å². The van der Waals surface area contributed by atoms with Gasteiger partial charge in [-0.3, -0.25) is 13.7 Å². The van der Waals surface area contributed by atoms with E-state index in [1.165, 1.54) is 38.0 Å². The molecule has 0 amide bonds. The maximum Gasteiger partial charge on any atom is 0.237 e. The molecule has 15 nitrogen and oxygen atoms in total. The molecule has 0 fully saturated rings. The fourth-order valence-electron chi connectivity index (χ4n) is 11.5. The van der Waals surface area contributed by atoms with Crippen LogP contribution >= 0.6 is 0 Å². The van der Waals surface area contributed by atoms with Crippen molar-refractivity contribution in [1.29, 1.82) is 0 Å². The first kappa shape index (κ1) is 43.2. The highest BCUT2D eigenvalue weighted by atomic mass is 16.3. The summed E-state index contributed by atoms with van der Waals surface area (Å²) in [5.41, 5.74) is 11.6. The van der Waals surface area contributed by atoms with Gasteiger partial charge in [0.15, 0.2) is 0 Å². The Morgan fingerprint density at radius 1 is 0.244 bits per heavy atom. The number of para-hydroxylation sites is 6. The van der Waals surface area contributed by atoms with Gasteiger partial charge in [0, 0.05) is 53.9 Å². The highest BCUT2D eigenvalue weighted by Crippen LogP contribution is 2.43. The van der Waals surface area contributed by atoms with Gasteiger partial charge in [0.25, 0.3) is 0 Å². The number of hydrogen-bond acceptors (Lipinski definition) is 12. The Morgan fingerprint density at radius 2 is 0.641 bits per heavy atom. The van der Waals surface area contributed by atoms with Crippen molar-refractivity contribution in [2.45, 2.75) is 0 Å². The molecule has 9 aromatic carbocycles. The molecule has 0 atom stereocenters. The molecule has 0 N–H and O–H groups in total. The standard InChI is InChI=1S/3C21H12N4O/c1-3-7-16-15(6-1)19-17(25(16)21-23-11-22-12-24-21)10-9-14-13-5-2-4-8-18(13)26-20(14)19;1-3-7-16-13(5-1)14-9-10-18-19(15-6-2-4-8-17(15)26-18)20(14)25(16)21-23-11-22-12-24-21;1-3-7-15-13(5-1)19-16(25(15)21-23-11-22-12-24-21)9-10-18-20(19)14-6-2-4-8-17(14)26-18/h3*1-12H. The molecular weight excluding hydrogens is 973 g/mol. The van der Waals surface area contributed by atoms with Gasteiger partial charge in [-0.2, -0.15) is 0 Å². The Hall–Kier alpha value is -11.2. The van der Waals surface area contributed by atoms with E-state index in [-0.39, 0.29) is 0 Å². The quantitative estimate of drug-likeness (QED) is 0.164. The number of fused-ring (bicyclic) bond motifs is 21. The van der Waals surface area contributed by atoms with Crippen molar-refractivity contribution in [2.24, 2.45) is 0 Å². The van der Waals surface area contributed by atoms with E-state index in [2.05, 4.69) is 150 Å². The van der Waals surface area contributed by atoms with Gasteiger partial charge in [-0.05, 0) is 72.8 Å². The second kappa shape index (κ2) is 17.2. The van der Waals surface area contributed by atoms with E-state index in [4.69, 9.17) is 13.3 Å². The van der Waals surface area contributed by atoms with Crippen molar-refractivity contribution in [2.75, 3.05) is 0 Å². The summed E-state index contributed by atoms with van der Waals surface area (Å²) in [5.74, 6) is 1.81. The highest BCUT2D eigenvalue weighted by Gasteiger charge is 2.23. The number of nitrogens with zero attached hydrogens (tertiary/aromatic N) is 12. The van der Waals surface area contributed by atoms with E-state index in [0.717, 1.165) is 131 Å². The number of benzene rings is 9. The second-order valence-electron chi connectivity index (χ2n) is 18.7. The van der Waals surface area contributed by atoms with Crippen molar-refractivity contribution < 1.29 is 13.3 Å². The number of aromatic nitrogens is 12. The van der Waals surface area contributed by atoms with Gasteiger partial charge in [0.05, 0.1) is 43.9 Å². The summed E-state index contributed by atoms with van der Waals surface area (Å²) in [6.07, 6.45) is 9.13. The summed E-state index contributed by atoms with van der Waals surface area (Å²) in [4.78, 5) is 38.1. The van der Waals surface area contributed by atoms with E-state index < -0.39 is 0 Å². The SMILES string of the molecule is c1ccc2c(c1)oc1c2ccc2c1c1ccccc1n2-c1ncncn1.c1ccc2c(c1)oc1ccc3c(c4ccccc4n3-c3ncncn3)c12.c1ccc2c(c1)oc1ccc3c4ccccc4n(-c4ncncn4)c3c12.